The first kappa shape index (κ1) is 10.4. The molecule has 0 atom stereocenters. The first-order valence-electron chi connectivity index (χ1n) is 3.30. The van der Waals surface area contributed by atoms with E-state index in [1.165, 1.54) is 0 Å². The van der Waals surface area contributed by atoms with Crippen molar-refractivity contribution in [2.75, 3.05) is 5.88 Å². The van der Waals surface area contributed by atoms with Gasteiger partial charge in [-0.05, 0) is 12.1 Å². The van der Waals surface area contributed by atoms with E-state index in [-0.39, 0.29) is 5.02 Å². The number of Topliss-reactive ketones (excluding diaryl/α,β-unsaturated/α-hetero) is 1. The van der Waals surface area contributed by atoms with Crippen LogP contribution in [0.1, 0.15) is 10.4 Å². The maximum atomic E-state index is 13.0. The summed E-state index contributed by atoms with van der Waals surface area (Å²) < 4.78 is 25.9. The van der Waals surface area contributed by atoms with Crippen molar-refractivity contribution in [3.8, 4) is 0 Å². The second-order valence-electron chi connectivity index (χ2n) is 2.27. The Morgan fingerprint density at radius 1 is 1.38 bits per heavy atom. The van der Waals surface area contributed by atoms with Crippen LogP contribution < -0.4 is 0 Å². The van der Waals surface area contributed by atoms with Crippen molar-refractivity contribution in [2.24, 2.45) is 0 Å². The summed E-state index contributed by atoms with van der Waals surface area (Å²) in [7, 11) is 0. The third-order valence-electron chi connectivity index (χ3n) is 1.44. The van der Waals surface area contributed by atoms with Gasteiger partial charge in [-0.3, -0.25) is 4.79 Å². The Kier molecular flexibility index (Phi) is 3.22. The Morgan fingerprint density at radius 2 is 2.00 bits per heavy atom. The minimum Gasteiger partial charge on any atom is -0.293 e. The number of alkyl halides is 1. The van der Waals surface area contributed by atoms with Gasteiger partial charge in [0.25, 0.3) is 0 Å². The zero-order valence-corrected chi connectivity index (χ0v) is 7.79. The molecule has 0 amide bonds. The van der Waals surface area contributed by atoms with Gasteiger partial charge in [0.1, 0.15) is 5.82 Å². The fourth-order valence-corrected chi connectivity index (χ4v) is 1.14. The highest BCUT2D eigenvalue weighted by atomic mass is 35.5. The van der Waals surface area contributed by atoms with E-state index in [4.69, 9.17) is 23.2 Å². The number of benzene rings is 1. The Labute approximate surface area is 83.3 Å². The highest BCUT2D eigenvalue weighted by Crippen LogP contribution is 2.21. The Balaban J connectivity index is 3.33. The van der Waals surface area contributed by atoms with Crippen molar-refractivity contribution in [1.29, 1.82) is 0 Å². The summed E-state index contributed by atoms with van der Waals surface area (Å²) in [4.78, 5) is 10.9. The fraction of sp³-hybridized carbons (Fsp3) is 0.125. The van der Waals surface area contributed by atoms with Crippen LogP contribution in [0.3, 0.4) is 0 Å². The van der Waals surface area contributed by atoms with Crippen LogP contribution in [0, 0.1) is 11.6 Å². The SMILES string of the molecule is O=C(CCl)c1c(F)ccc(Cl)c1F. The highest BCUT2D eigenvalue weighted by molar-refractivity contribution is 6.33. The molecule has 1 aromatic carbocycles. The molecule has 0 radical (unpaired) electrons. The average molecular weight is 225 g/mol. The number of carbonyl (C=O) groups excluding carboxylic acids is 1. The molecule has 0 aliphatic carbocycles. The molecule has 1 rings (SSSR count). The molecule has 1 nitrogen and oxygen atoms in total. The van der Waals surface area contributed by atoms with Crippen molar-refractivity contribution in [3.63, 3.8) is 0 Å². The van der Waals surface area contributed by atoms with Gasteiger partial charge < -0.3 is 0 Å². The van der Waals surface area contributed by atoms with Crippen molar-refractivity contribution in [1.82, 2.24) is 0 Å². The van der Waals surface area contributed by atoms with Gasteiger partial charge in [-0.2, -0.15) is 0 Å². The summed E-state index contributed by atoms with van der Waals surface area (Å²) in [6, 6.07) is 1.96. The van der Waals surface area contributed by atoms with Gasteiger partial charge in [0.05, 0.1) is 16.5 Å². The summed E-state index contributed by atoms with van der Waals surface area (Å²) >= 11 is 10.5. The summed E-state index contributed by atoms with van der Waals surface area (Å²) in [6.45, 7) is 0. The molecule has 13 heavy (non-hydrogen) atoms. The van der Waals surface area contributed by atoms with E-state index < -0.39 is 28.9 Å². The van der Waals surface area contributed by atoms with Crippen molar-refractivity contribution < 1.29 is 13.6 Å². The molecule has 0 bridgehead atoms. The van der Waals surface area contributed by atoms with Crippen molar-refractivity contribution in [3.05, 3.63) is 34.4 Å². The van der Waals surface area contributed by atoms with E-state index in [1.807, 2.05) is 0 Å². The second-order valence-corrected chi connectivity index (χ2v) is 2.95. The molecular formula is C8H4Cl2F2O. The maximum absolute atomic E-state index is 13.0. The lowest BCUT2D eigenvalue weighted by molar-refractivity contribution is 0.101. The topological polar surface area (TPSA) is 17.1 Å². The van der Waals surface area contributed by atoms with Crippen LogP contribution in [0.5, 0.6) is 0 Å². The molecule has 70 valence electrons. The summed E-state index contributed by atoms with van der Waals surface area (Å²) in [5.74, 6) is -3.31. The number of carbonyl (C=O) groups is 1. The van der Waals surface area contributed by atoms with Gasteiger partial charge in [-0.1, -0.05) is 11.6 Å². The molecule has 0 saturated heterocycles. The molecule has 0 N–H and O–H groups in total. The van der Waals surface area contributed by atoms with E-state index in [0.717, 1.165) is 12.1 Å². The van der Waals surface area contributed by atoms with Gasteiger partial charge in [0.15, 0.2) is 11.6 Å². The molecule has 0 fully saturated rings. The molecular weight excluding hydrogens is 221 g/mol. The first-order valence-corrected chi connectivity index (χ1v) is 4.22. The lowest BCUT2D eigenvalue weighted by Crippen LogP contribution is -2.07. The largest absolute Gasteiger partial charge is 0.293 e. The van der Waals surface area contributed by atoms with Crippen LogP contribution in [-0.2, 0) is 0 Å². The van der Waals surface area contributed by atoms with Crippen molar-refractivity contribution >= 4 is 29.0 Å². The maximum Gasteiger partial charge on any atom is 0.183 e. The van der Waals surface area contributed by atoms with Gasteiger partial charge in [-0.25, -0.2) is 8.78 Å². The molecule has 0 spiro atoms. The normalized spacial score (nSPS) is 10.2. The van der Waals surface area contributed by atoms with Crippen molar-refractivity contribution in [2.45, 2.75) is 0 Å². The minimum absolute atomic E-state index is 0.296. The number of halogens is 4. The van der Waals surface area contributed by atoms with E-state index in [2.05, 4.69) is 0 Å². The molecule has 0 heterocycles. The lowest BCUT2D eigenvalue weighted by atomic mass is 10.1. The van der Waals surface area contributed by atoms with Crippen LogP contribution in [0.2, 0.25) is 5.02 Å². The summed E-state index contributed by atoms with van der Waals surface area (Å²) in [5.41, 5.74) is -0.678. The average Bonchev–Trinajstić information content (AvgIpc) is 2.12. The Hall–Kier alpha value is -0.670. The third-order valence-corrected chi connectivity index (χ3v) is 1.98. The van der Waals surface area contributed by atoms with E-state index in [1.54, 1.807) is 0 Å². The van der Waals surface area contributed by atoms with E-state index in [9.17, 15) is 13.6 Å². The molecule has 0 aliphatic heterocycles. The molecule has 1 aromatic rings. The predicted octanol–water partition coefficient (Wildman–Crippen LogP) is 3.04. The van der Waals surface area contributed by atoms with Gasteiger partial charge >= 0.3 is 0 Å². The second kappa shape index (κ2) is 4.03. The van der Waals surface area contributed by atoms with Crippen LogP contribution in [0.25, 0.3) is 0 Å². The summed E-state index contributed by atoms with van der Waals surface area (Å²) in [6.07, 6.45) is 0. The summed E-state index contributed by atoms with van der Waals surface area (Å²) in [5, 5.41) is -0.296. The fourth-order valence-electron chi connectivity index (χ4n) is 0.849. The molecule has 0 saturated carbocycles. The van der Waals surface area contributed by atoms with Crippen LogP contribution in [0.4, 0.5) is 8.78 Å². The monoisotopic (exact) mass is 224 g/mol. The van der Waals surface area contributed by atoms with E-state index >= 15 is 0 Å². The molecule has 0 unspecified atom stereocenters. The molecule has 5 heteroatoms. The lowest BCUT2D eigenvalue weighted by Gasteiger charge is -2.02. The number of ketones is 1. The predicted molar refractivity (Wildman–Crippen MR) is 46.4 cm³/mol. The minimum atomic E-state index is -1.06. The Bertz CT molecular complexity index is 352. The van der Waals surface area contributed by atoms with Crippen LogP contribution in [-0.4, -0.2) is 11.7 Å². The third kappa shape index (κ3) is 1.98. The Morgan fingerprint density at radius 3 is 2.54 bits per heavy atom. The number of rotatable bonds is 2. The van der Waals surface area contributed by atoms with E-state index in [0.29, 0.717) is 0 Å². The highest BCUT2D eigenvalue weighted by Gasteiger charge is 2.18. The zero-order chi connectivity index (χ0) is 10.0. The quantitative estimate of drug-likeness (QED) is 0.429. The van der Waals surface area contributed by atoms with Gasteiger partial charge in [0, 0.05) is 0 Å². The standard InChI is InChI=1S/C8H4Cl2F2O/c9-3-6(13)7-5(11)2-1-4(10)8(7)12/h1-2H,3H2. The zero-order valence-electron chi connectivity index (χ0n) is 6.28. The van der Waals surface area contributed by atoms with Gasteiger partial charge in [0.2, 0.25) is 0 Å². The smallest absolute Gasteiger partial charge is 0.183 e. The number of hydrogen-bond donors (Lipinski definition) is 0. The number of hydrogen-bond acceptors (Lipinski definition) is 1. The molecule has 0 aromatic heterocycles. The van der Waals surface area contributed by atoms with Crippen LogP contribution >= 0.6 is 23.2 Å². The molecule has 0 aliphatic rings. The van der Waals surface area contributed by atoms with Crippen LogP contribution in [0.15, 0.2) is 12.1 Å². The first-order chi connectivity index (χ1) is 6.07. The van der Waals surface area contributed by atoms with Gasteiger partial charge in [-0.15, -0.1) is 11.6 Å².